The molecule has 1 rings (SSSR count). The molecule has 0 aromatic heterocycles. The first-order valence-electron chi connectivity index (χ1n) is 6.25. The zero-order chi connectivity index (χ0) is 15.7. The fraction of sp³-hybridized carbons (Fsp3) is 0.357. The molecule has 0 radical (unpaired) electrons. The van der Waals surface area contributed by atoms with Gasteiger partial charge in [0, 0.05) is 18.1 Å². The number of rotatable bonds is 6. The van der Waals surface area contributed by atoms with Crippen LogP contribution in [0.15, 0.2) is 18.2 Å². The fourth-order valence-corrected chi connectivity index (χ4v) is 1.83. The second-order valence-electron chi connectivity index (χ2n) is 4.08. The van der Waals surface area contributed by atoms with Gasteiger partial charge in [0.05, 0.1) is 37.8 Å². The van der Waals surface area contributed by atoms with Gasteiger partial charge in [-0.1, -0.05) is 11.6 Å². The van der Waals surface area contributed by atoms with E-state index in [0.29, 0.717) is 16.5 Å². The van der Waals surface area contributed by atoms with E-state index in [1.54, 1.807) is 18.2 Å². The third-order valence-electron chi connectivity index (χ3n) is 2.68. The smallest absolute Gasteiger partial charge is 0.322 e. The first-order valence-corrected chi connectivity index (χ1v) is 6.63. The Hall–Kier alpha value is -2.44. The molecule has 0 saturated carbocycles. The molecule has 6 nitrogen and oxygen atoms in total. The van der Waals surface area contributed by atoms with Crippen LogP contribution in [0.3, 0.4) is 0 Å². The van der Waals surface area contributed by atoms with Crippen molar-refractivity contribution < 1.29 is 9.53 Å². The number of ether oxygens (including phenoxy) is 1. The molecule has 0 aliphatic heterocycles. The molecule has 2 amide bonds. The lowest BCUT2D eigenvalue weighted by atomic mass is 10.3. The van der Waals surface area contributed by atoms with Crippen LogP contribution in [0.5, 0.6) is 5.75 Å². The summed E-state index contributed by atoms with van der Waals surface area (Å²) in [6.45, 7) is 0.514. The lowest BCUT2D eigenvalue weighted by Gasteiger charge is -2.21. The second-order valence-corrected chi connectivity index (χ2v) is 4.51. The van der Waals surface area contributed by atoms with Gasteiger partial charge in [-0.3, -0.25) is 0 Å². The zero-order valence-corrected chi connectivity index (χ0v) is 12.4. The first kappa shape index (κ1) is 16.6. The van der Waals surface area contributed by atoms with Crippen LogP contribution in [0.4, 0.5) is 10.5 Å². The highest BCUT2D eigenvalue weighted by molar-refractivity contribution is 6.31. The maximum Gasteiger partial charge on any atom is 0.322 e. The van der Waals surface area contributed by atoms with Crippen molar-refractivity contribution >= 4 is 23.3 Å². The molecule has 0 bridgehead atoms. The molecule has 110 valence electrons. The van der Waals surface area contributed by atoms with Gasteiger partial charge < -0.3 is 15.0 Å². The van der Waals surface area contributed by atoms with E-state index in [9.17, 15) is 4.79 Å². The van der Waals surface area contributed by atoms with Gasteiger partial charge >= 0.3 is 6.03 Å². The number of nitrogens with one attached hydrogen (secondary N) is 1. The quantitative estimate of drug-likeness (QED) is 0.874. The molecule has 1 aromatic carbocycles. The highest BCUT2D eigenvalue weighted by atomic mass is 35.5. The summed E-state index contributed by atoms with van der Waals surface area (Å²) >= 11 is 5.90. The number of urea groups is 1. The number of hydrogen-bond donors (Lipinski definition) is 1. The number of hydrogen-bond acceptors (Lipinski definition) is 4. The highest BCUT2D eigenvalue weighted by Gasteiger charge is 2.15. The third-order valence-corrected chi connectivity index (χ3v) is 2.91. The Morgan fingerprint density at radius 1 is 1.33 bits per heavy atom. The van der Waals surface area contributed by atoms with E-state index in [0.717, 1.165) is 0 Å². The summed E-state index contributed by atoms with van der Waals surface area (Å²) < 4.78 is 5.15. The van der Waals surface area contributed by atoms with Crippen molar-refractivity contribution in [3.05, 3.63) is 23.2 Å². The average Bonchev–Trinajstić information content (AvgIpc) is 2.47. The van der Waals surface area contributed by atoms with Crippen LogP contribution in [0, 0.1) is 22.7 Å². The molecule has 1 N–H and O–H groups in total. The minimum absolute atomic E-state index is 0.200. The molecule has 0 atom stereocenters. The molecule has 0 aliphatic rings. The Bertz CT molecular complexity index is 559. The van der Waals surface area contributed by atoms with Crippen LogP contribution < -0.4 is 10.1 Å². The summed E-state index contributed by atoms with van der Waals surface area (Å²) in [6.07, 6.45) is 0.400. The Morgan fingerprint density at radius 2 is 1.95 bits per heavy atom. The SMILES string of the molecule is COc1ccc(Cl)cc1NC(=O)N(CCC#N)CCC#N. The number of anilines is 1. The van der Waals surface area contributed by atoms with Crippen molar-refractivity contribution in [2.45, 2.75) is 12.8 Å². The normalized spacial score (nSPS) is 9.33. The van der Waals surface area contributed by atoms with Crippen molar-refractivity contribution in [2.75, 3.05) is 25.5 Å². The number of nitrogens with zero attached hydrogens (tertiary/aromatic N) is 3. The van der Waals surface area contributed by atoms with Crippen molar-refractivity contribution in [1.29, 1.82) is 10.5 Å². The Kier molecular flexibility index (Phi) is 6.86. The standard InChI is InChI=1S/C14H15ClN4O2/c1-21-13-5-4-11(15)10-12(13)18-14(20)19(8-2-6-16)9-3-7-17/h4-5,10H,2-3,8-9H2,1H3,(H,18,20). The number of carbonyl (C=O) groups excluding carboxylic acids is 1. The van der Waals surface area contributed by atoms with E-state index in [2.05, 4.69) is 5.32 Å². The molecule has 7 heteroatoms. The molecule has 0 aliphatic carbocycles. The van der Waals surface area contributed by atoms with E-state index in [4.69, 9.17) is 26.9 Å². The predicted octanol–water partition coefficient (Wildman–Crippen LogP) is 3.01. The van der Waals surface area contributed by atoms with Gasteiger partial charge in [-0.15, -0.1) is 0 Å². The maximum atomic E-state index is 12.2. The van der Waals surface area contributed by atoms with Crippen LogP contribution >= 0.6 is 11.6 Å². The van der Waals surface area contributed by atoms with E-state index in [1.165, 1.54) is 12.0 Å². The van der Waals surface area contributed by atoms with Gasteiger partial charge in [-0.2, -0.15) is 10.5 Å². The van der Waals surface area contributed by atoms with Crippen LogP contribution in [0.2, 0.25) is 5.02 Å². The molecule has 1 aromatic rings. The van der Waals surface area contributed by atoms with Crippen molar-refractivity contribution in [3.8, 4) is 17.9 Å². The van der Waals surface area contributed by atoms with E-state index in [1.807, 2.05) is 12.1 Å². The molecule has 21 heavy (non-hydrogen) atoms. The Balaban J connectivity index is 2.83. The summed E-state index contributed by atoms with van der Waals surface area (Å²) in [5, 5.41) is 20.4. The largest absolute Gasteiger partial charge is 0.495 e. The zero-order valence-electron chi connectivity index (χ0n) is 11.6. The predicted molar refractivity (Wildman–Crippen MR) is 79.1 cm³/mol. The maximum absolute atomic E-state index is 12.2. The first-order chi connectivity index (χ1) is 10.1. The van der Waals surface area contributed by atoms with Gasteiger partial charge in [-0.25, -0.2) is 4.79 Å². The second kappa shape index (κ2) is 8.68. The number of amides is 2. The van der Waals surface area contributed by atoms with Gasteiger partial charge in [0.25, 0.3) is 0 Å². The van der Waals surface area contributed by atoms with Crippen LogP contribution in [0.1, 0.15) is 12.8 Å². The number of nitriles is 2. The summed E-state index contributed by atoms with van der Waals surface area (Å²) in [7, 11) is 1.49. The van der Waals surface area contributed by atoms with Crippen LogP contribution in [0.25, 0.3) is 0 Å². The number of halogens is 1. The van der Waals surface area contributed by atoms with E-state index >= 15 is 0 Å². The van der Waals surface area contributed by atoms with Gasteiger partial charge in [0.1, 0.15) is 5.75 Å². The lowest BCUT2D eigenvalue weighted by Crippen LogP contribution is -2.36. The molecule has 0 heterocycles. The number of benzene rings is 1. The van der Waals surface area contributed by atoms with Gasteiger partial charge in [-0.05, 0) is 18.2 Å². The average molecular weight is 307 g/mol. The molecular formula is C14H15ClN4O2. The minimum atomic E-state index is -0.402. The van der Waals surface area contributed by atoms with Crippen LogP contribution in [-0.4, -0.2) is 31.1 Å². The summed E-state index contributed by atoms with van der Waals surface area (Å²) in [4.78, 5) is 13.6. The molecule has 0 saturated heterocycles. The summed E-state index contributed by atoms with van der Waals surface area (Å²) in [6, 6.07) is 8.42. The minimum Gasteiger partial charge on any atom is -0.495 e. The van der Waals surface area contributed by atoms with Crippen molar-refractivity contribution in [2.24, 2.45) is 0 Å². The van der Waals surface area contributed by atoms with E-state index in [-0.39, 0.29) is 25.9 Å². The highest BCUT2D eigenvalue weighted by Crippen LogP contribution is 2.27. The topological polar surface area (TPSA) is 89.2 Å². The van der Waals surface area contributed by atoms with Gasteiger partial charge in [0.15, 0.2) is 0 Å². The lowest BCUT2D eigenvalue weighted by molar-refractivity contribution is 0.214. The monoisotopic (exact) mass is 306 g/mol. The van der Waals surface area contributed by atoms with E-state index < -0.39 is 6.03 Å². The van der Waals surface area contributed by atoms with Gasteiger partial charge in [0.2, 0.25) is 0 Å². The molecule has 0 unspecified atom stereocenters. The third kappa shape index (κ3) is 5.21. The number of carbonyl (C=O) groups is 1. The molecule has 0 spiro atoms. The summed E-state index contributed by atoms with van der Waals surface area (Å²) in [5.41, 5.74) is 0.439. The van der Waals surface area contributed by atoms with Crippen molar-refractivity contribution in [1.82, 2.24) is 4.90 Å². The summed E-state index contributed by atoms with van der Waals surface area (Å²) in [5.74, 6) is 0.480. The Labute approximate surface area is 128 Å². The molecular weight excluding hydrogens is 292 g/mol. The Morgan fingerprint density at radius 3 is 2.48 bits per heavy atom. The van der Waals surface area contributed by atoms with Crippen molar-refractivity contribution in [3.63, 3.8) is 0 Å². The molecule has 0 fully saturated rings. The van der Waals surface area contributed by atoms with Crippen LogP contribution in [-0.2, 0) is 0 Å². The fourth-order valence-electron chi connectivity index (χ4n) is 1.66. The number of methoxy groups -OCH3 is 1.